The Morgan fingerprint density at radius 1 is 1.48 bits per heavy atom. The molecule has 136 valence electrons. The van der Waals surface area contributed by atoms with Crippen molar-refractivity contribution in [2.75, 3.05) is 19.6 Å². The maximum absolute atomic E-state index is 12.7. The molecule has 0 aliphatic carbocycles. The quantitative estimate of drug-likeness (QED) is 0.850. The van der Waals surface area contributed by atoms with E-state index in [0.717, 1.165) is 24.7 Å². The third-order valence-electron chi connectivity index (χ3n) is 5.08. The molecule has 1 amide bonds. The normalized spacial score (nSPS) is 17.6. The van der Waals surface area contributed by atoms with Crippen molar-refractivity contribution in [3.05, 3.63) is 39.4 Å². The molecule has 0 bridgehead atoms. The van der Waals surface area contributed by atoms with E-state index < -0.39 is 0 Å². The number of hydrogen-bond acceptors (Lipinski definition) is 5. The van der Waals surface area contributed by atoms with Crippen LogP contribution in [0.4, 0.5) is 0 Å². The lowest BCUT2D eigenvalue weighted by Gasteiger charge is -2.36. The Morgan fingerprint density at radius 2 is 2.24 bits per heavy atom. The number of rotatable bonds is 6. The van der Waals surface area contributed by atoms with Crippen molar-refractivity contribution in [3.63, 3.8) is 0 Å². The molecule has 3 rings (SSSR count). The fraction of sp³-hybridized carbons (Fsp3) is 0.579. The summed E-state index contributed by atoms with van der Waals surface area (Å²) < 4.78 is 5.20. The maximum Gasteiger partial charge on any atom is 0.256 e. The predicted molar refractivity (Wildman–Crippen MR) is 100.0 cm³/mol. The topological polar surface area (TPSA) is 58.4 Å². The van der Waals surface area contributed by atoms with Crippen LogP contribution in [0.15, 0.2) is 22.0 Å². The minimum absolute atomic E-state index is 0.0810. The number of likely N-dealkylation sites (tertiary alicyclic amines) is 1. The summed E-state index contributed by atoms with van der Waals surface area (Å²) in [7, 11) is 0. The highest BCUT2D eigenvalue weighted by molar-refractivity contribution is 7.10. The lowest BCUT2D eigenvalue weighted by atomic mass is 9.97. The molecule has 1 aliphatic heterocycles. The SMILES string of the molecule is CCc1noc(C)c1C(=O)NCC(c1cccs1)N1CCC(C)CC1. The molecule has 2 aromatic rings. The molecule has 1 unspecified atom stereocenters. The summed E-state index contributed by atoms with van der Waals surface area (Å²) in [6.07, 6.45) is 3.14. The number of hydrogen-bond donors (Lipinski definition) is 1. The number of nitrogens with zero attached hydrogens (tertiary/aromatic N) is 2. The maximum atomic E-state index is 12.7. The van der Waals surface area contributed by atoms with Crippen LogP contribution in [-0.2, 0) is 6.42 Å². The second-order valence-electron chi connectivity index (χ2n) is 6.87. The fourth-order valence-electron chi connectivity index (χ4n) is 3.46. The molecule has 1 N–H and O–H groups in total. The standard InChI is InChI=1S/C19H27N3O2S/c1-4-15-18(14(3)24-21-15)19(23)20-12-16(17-6-5-11-25-17)22-9-7-13(2)8-10-22/h5-6,11,13,16H,4,7-10,12H2,1-3H3,(H,20,23). The number of piperidine rings is 1. The van der Waals surface area contributed by atoms with E-state index in [2.05, 4.69) is 39.8 Å². The summed E-state index contributed by atoms with van der Waals surface area (Å²) in [5.74, 6) is 1.30. The van der Waals surface area contributed by atoms with Gasteiger partial charge < -0.3 is 9.84 Å². The number of aromatic nitrogens is 1. The molecule has 0 radical (unpaired) electrons. The summed E-state index contributed by atoms with van der Waals surface area (Å²) in [5, 5.41) is 9.22. The Hall–Kier alpha value is -1.66. The molecular weight excluding hydrogens is 334 g/mol. The molecule has 3 heterocycles. The lowest BCUT2D eigenvalue weighted by Crippen LogP contribution is -2.41. The van der Waals surface area contributed by atoms with Crippen molar-refractivity contribution in [2.45, 2.75) is 46.1 Å². The molecule has 0 aromatic carbocycles. The summed E-state index contributed by atoms with van der Waals surface area (Å²) >= 11 is 1.76. The molecule has 1 saturated heterocycles. The van der Waals surface area contributed by atoms with E-state index in [4.69, 9.17) is 4.52 Å². The van der Waals surface area contributed by atoms with Crippen molar-refractivity contribution in [3.8, 4) is 0 Å². The van der Waals surface area contributed by atoms with Gasteiger partial charge in [0.15, 0.2) is 0 Å². The largest absolute Gasteiger partial charge is 0.361 e. The van der Waals surface area contributed by atoms with Crippen molar-refractivity contribution < 1.29 is 9.32 Å². The average molecular weight is 362 g/mol. The highest BCUT2D eigenvalue weighted by Crippen LogP contribution is 2.29. The second kappa shape index (κ2) is 8.15. The first-order valence-electron chi connectivity index (χ1n) is 9.11. The molecule has 0 spiro atoms. The monoisotopic (exact) mass is 361 g/mol. The van der Waals surface area contributed by atoms with Crippen LogP contribution < -0.4 is 5.32 Å². The van der Waals surface area contributed by atoms with Gasteiger partial charge in [-0.05, 0) is 56.6 Å². The van der Waals surface area contributed by atoms with E-state index in [0.29, 0.717) is 24.3 Å². The summed E-state index contributed by atoms with van der Waals surface area (Å²) in [4.78, 5) is 16.5. The lowest BCUT2D eigenvalue weighted by molar-refractivity contribution is 0.0912. The van der Waals surface area contributed by atoms with Gasteiger partial charge in [0.05, 0.1) is 11.7 Å². The van der Waals surface area contributed by atoms with Gasteiger partial charge in [0.1, 0.15) is 11.3 Å². The number of amides is 1. The Bertz CT molecular complexity index is 688. The third-order valence-corrected chi connectivity index (χ3v) is 6.06. The molecule has 5 nitrogen and oxygen atoms in total. The first-order chi connectivity index (χ1) is 12.1. The highest BCUT2D eigenvalue weighted by Gasteiger charge is 2.27. The van der Waals surface area contributed by atoms with E-state index >= 15 is 0 Å². The molecular formula is C19H27N3O2S. The highest BCUT2D eigenvalue weighted by atomic mass is 32.1. The zero-order chi connectivity index (χ0) is 17.8. The molecule has 0 saturated carbocycles. The minimum atomic E-state index is -0.0810. The summed E-state index contributed by atoms with van der Waals surface area (Å²) in [6.45, 7) is 8.89. The third kappa shape index (κ3) is 4.12. The van der Waals surface area contributed by atoms with E-state index in [-0.39, 0.29) is 11.9 Å². The fourth-order valence-corrected chi connectivity index (χ4v) is 4.32. The summed E-state index contributed by atoms with van der Waals surface area (Å²) in [6, 6.07) is 4.49. The van der Waals surface area contributed by atoms with Crippen LogP contribution >= 0.6 is 11.3 Å². The predicted octanol–water partition coefficient (Wildman–Crippen LogP) is 3.81. The van der Waals surface area contributed by atoms with Crippen molar-refractivity contribution in [1.82, 2.24) is 15.4 Å². The Morgan fingerprint density at radius 3 is 2.88 bits per heavy atom. The number of carbonyl (C=O) groups excluding carboxylic acids is 1. The Labute approximate surface area is 153 Å². The molecule has 6 heteroatoms. The molecule has 2 aromatic heterocycles. The van der Waals surface area contributed by atoms with Gasteiger partial charge in [0, 0.05) is 11.4 Å². The second-order valence-corrected chi connectivity index (χ2v) is 7.85. The number of nitrogens with one attached hydrogen (secondary N) is 1. The molecule has 1 atom stereocenters. The van der Waals surface area contributed by atoms with E-state index in [1.807, 2.05) is 6.92 Å². The van der Waals surface area contributed by atoms with Crippen LogP contribution in [0, 0.1) is 12.8 Å². The van der Waals surface area contributed by atoms with Gasteiger partial charge in [-0.2, -0.15) is 0 Å². The van der Waals surface area contributed by atoms with Crippen LogP contribution in [-0.4, -0.2) is 35.6 Å². The van der Waals surface area contributed by atoms with Crippen LogP contribution in [0.5, 0.6) is 0 Å². The van der Waals surface area contributed by atoms with Gasteiger partial charge in [0.2, 0.25) is 0 Å². The molecule has 1 aliphatic rings. The van der Waals surface area contributed by atoms with E-state index in [1.165, 1.54) is 17.7 Å². The Balaban J connectivity index is 1.70. The minimum Gasteiger partial charge on any atom is -0.361 e. The number of thiophene rings is 1. The molecule has 25 heavy (non-hydrogen) atoms. The number of carbonyl (C=O) groups is 1. The first kappa shape index (κ1) is 18.1. The van der Waals surface area contributed by atoms with Gasteiger partial charge in [0.25, 0.3) is 5.91 Å². The first-order valence-corrected chi connectivity index (χ1v) is 9.98. The van der Waals surface area contributed by atoms with Crippen molar-refractivity contribution in [1.29, 1.82) is 0 Å². The van der Waals surface area contributed by atoms with Crippen LogP contribution in [0.2, 0.25) is 0 Å². The smallest absolute Gasteiger partial charge is 0.256 e. The zero-order valence-corrected chi connectivity index (χ0v) is 16.1. The average Bonchev–Trinajstić information content (AvgIpc) is 3.26. The number of aryl methyl sites for hydroxylation is 2. The van der Waals surface area contributed by atoms with Gasteiger partial charge in [-0.15, -0.1) is 11.3 Å². The van der Waals surface area contributed by atoms with E-state index in [1.54, 1.807) is 18.3 Å². The van der Waals surface area contributed by atoms with E-state index in [9.17, 15) is 4.79 Å². The molecule has 1 fully saturated rings. The Kier molecular flexibility index (Phi) is 5.91. The van der Waals surface area contributed by atoms with Crippen molar-refractivity contribution >= 4 is 17.2 Å². The van der Waals surface area contributed by atoms with Gasteiger partial charge >= 0.3 is 0 Å². The van der Waals surface area contributed by atoms with Crippen LogP contribution in [0.25, 0.3) is 0 Å². The van der Waals surface area contributed by atoms with Gasteiger partial charge in [-0.1, -0.05) is 25.1 Å². The zero-order valence-electron chi connectivity index (χ0n) is 15.2. The van der Waals surface area contributed by atoms with Gasteiger partial charge in [-0.3, -0.25) is 9.69 Å². The van der Waals surface area contributed by atoms with Gasteiger partial charge in [-0.25, -0.2) is 0 Å². The summed E-state index contributed by atoms with van der Waals surface area (Å²) in [5.41, 5.74) is 1.33. The van der Waals surface area contributed by atoms with Crippen molar-refractivity contribution in [2.24, 2.45) is 5.92 Å². The van der Waals surface area contributed by atoms with Crippen LogP contribution in [0.3, 0.4) is 0 Å². The van der Waals surface area contributed by atoms with Crippen LogP contribution in [0.1, 0.15) is 59.4 Å².